The van der Waals surface area contributed by atoms with Gasteiger partial charge in [0, 0.05) is 29.3 Å². The smallest absolute Gasteiger partial charge is 0.0651 e. The summed E-state index contributed by atoms with van der Waals surface area (Å²) in [6.45, 7) is 0.804. The average Bonchev–Trinajstić information content (AvgIpc) is 3.12. The van der Waals surface area contributed by atoms with Crippen LogP contribution in [0.5, 0.6) is 0 Å². The molecule has 4 rings (SSSR count). The Labute approximate surface area is 115 Å². The van der Waals surface area contributed by atoms with Gasteiger partial charge in [-0.1, -0.05) is 12.1 Å². The van der Waals surface area contributed by atoms with Crippen LogP contribution in [0.15, 0.2) is 54.9 Å². The van der Waals surface area contributed by atoms with Gasteiger partial charge in [0.15, 0.2) is 0 Å². The topological polar surface area (TPSA) is 56.5 Å². The molecule has 0 aliphatic carbocycles. The van der Waals surface area contributed by atoms with Crippen molar-refractivity contribution in [2.45, 2.75) is 6.54 Å². The monoisotopic (exact) mass is 262 g/mol. The van der Waals surface area contributed by atoms with Crippen LogP contribution >= 0.6 is 0 Å². The van der Waals surface area contributed by atoms with Gasteiger partial charge < -0.3 is 10.3 Å². The third kappa shape index (κ3) is 1.91. The fraction of sp³-hybridized carbons (Fsp3) is 0.0625. The summed E-state index contributed by atoms with van der Waals surface area (Å²) in [5.74, 6) is 0. The summed E-state index contributed by atoms with van der Waals surface area (Å²) in [7, 11) is 0. The van der Waals surface area contributed by atoms with E-state index in [4.69, 9.17) is 0 Å². The van der Waals surface area contributed by atoms with Crippen molar-refractivity contribution in [1.29, 1.82) is 0 Å². The Hall–Kier alpha value is -2.75. The van der Waals surface area contributed by atoms with Crippen LogP contribution in [-0.2, 0) is 6.54 Å². The van der Waals surface area contributed by atoms with Gasteiger partial charge in [0.2, 0.25) is 0 Å². The highest BCUT2D eigenvalue weighted by Crippen LogP contribution is 2.19. The predicted molar refractivity (Wildman–Crippen MR) is 81.7 cm³/mol. The minimum absolute atomic E-state index is 0.804. The number of benzene rings is 2. The molecule has 20 heavy (non-hydrogen) atoms. The summed E-state index contributed by atoms with van der Waals surface area (Å²) in [5.41, 5.74) is 4.59. The van der Waals surface area contributed by atoms with Crippen LogP contribution in [0.25, 0.3) is 21.8 Å². The number of nitrogens with one attached hydrogen (secondary N) is 3. The SMILES string of the molecule is c1cc2ccc(CNc3ccc4[nH]ncc4c3)cc2[nH]1. The van der Waals surface area contributed by atoms with Crippen LogP contribution in [0, 0.1) is 0 Å². The fourth-order valence-corrected chi connectivity index (χ4v) is 2.46. The van der Waals surface area contributed by atoms with E-state index in [0.29, 0.717) is 0 Å². The van der Waals surface area contributed by atoms with Gasteiger partial charge in [-0.3, -0.25) is 5.10 Å². The molecule has 0 radical (unpaired) electrons. The second-order valence-electron chi connectivity index (χ2n) is 4.92. The second kappa shape index (κ2) is 4.42. The van der Waals surface area contributed by atoms with Gasteiger partial charge >= 0.3 is 0 Å². The van der Waals surface area contributed by atoms with Crippen molar-refractivity contribution in [3.05, 3.63) is 60.4 Å². The first kappa shape index (κ1) is 11.1. The van der Waals surface area contributed by atoms with Crippen molar-refractivity contribution in [3.8, 4) is 0 Å². The maximum absolute atomic E-state index is 4.03. The molecule has 2 aromatic carbocycles. The van der Waals surface area contributed by atoms with Gasteiger partial charge in [0.25, 0.3) is 0 Å². The molecule has 0 atom stereocenters. The number of hydrogen-bond donors (Lipinski definition) is 3. The van der Waals surface area contributed by atoms with Crippen LogP contribution in [0.2, 0.25) is 0 Å². The second-order valence-corrected chi connectivity index (χ2v) is 4.92. The summed E-state index contributed by atoms with van der Waals surface area (Å²) >= 11 is 0. The molecule has 0 aliphatic rings. The maximum Gasteiger partial charge on any atom is 0.0651 e. The molecule has 2 aromatic heterocycles. The Kier molecular flexibility index (Phi) is 2.45. The molecule has 0 saturated carbocycles. The first-order valence-corrected chi connectivity index (χ1v) is 6.61. The average molecular weight is 262 g/mol. The van der Waals surface area contributed by atoms with Crippen molar-refractivity contribution >= 4 is 27.5 Å². The Morgan fingerprint density at radius 2 is 1.95 bits per heavy atom. The zero-order valence-electron chi connectivity index (χ0n) is 10.9. The summed E-state index contributed by atoms with van der Waals surface area (Å²) in [4.78, 5) is 3.24. The van der Waals surface area contributed by atoms with Crippen LogP contribution in [0.3, 0.4) is 0 Å². The van der Waals surface area contributed by atoms with E-state index in [1.165, 1.54) is 16.5 Å². The van der Waals surface area contributed by atoms with E-state index >= 15 is 0 Å². The molecule has 98 valence electrons. The summed E-state index contributed by atoms with van der Waals surface area (Å²) < 4.78 is 0. The van der Waals surface area contributed by atoms with Gasteiger partial charge in [-0.2, -0.15) is 5.10 Å². The molecule has 0 amide bonds. The number of H-pyrrole nitrogens is 2. The Bertz CT molecular complexity index is 798. The normalized spacial score (nSPS) is 11.2. The molecular weight excluding hydrogens is 248 g/mol. The zero-order chi connectivity index (χ0) is 13.4. The van der Waals surface area contributed by atoms with Crippen LogP contribution in [0.4, 0.5) is 5.69 Å². The highest BCUT2D eigenvalue weighted by molar-refractivity contribution is 5.82. The fourth-order valence-electron chi connectivity index (χ4n) is 2.46. The van der Waals surface area contributed by atoms with Gasteiger partial charge in [-0.15, -0.1) is 0 Å². The number of fused-ring (bicyclic) bond motifs is 2. The van der Waals surface area contributed by atoms with Crippen molar-refractivity contribution in [3.63, 3.8) is 0 Å². The third-order valence-electron chi connectivity index (χ3n) is 3.56. The lowest BCUT2D eigenvalue weighted by Crippen LogP contribution is -1.98. The summed E-state index contributed by atoms with van der Waals surface area (Å²) in [5, 5.41) is 12.8. The van der Waals surface area contributed by atoms with Gasteiger partial charge in [-0.25, -0.2) is 0 Å². The molecular formula is C16H14N4. The molecule has 0 fully saturated rings. The highest BCUT2D eigenvalue weighted by Gasteiger charge is 2.00. The Morgan fingerprint density at radius 1 is 0.950 bits per heavy atom. The largest absolute Gasteiger partial charge is 0.381 e. The van der Waals surface area contributed by atoms with Crippen molar-refractivity contribution in [1.82, 2.24) is 15.2 Å². The molecule has 2 heterocycles. The van der Waals surface area contributed by atoms with Crippen LogP contribution in [-0.4, -0.2) is 15.2 Å². The molecule has 0 spiro atoms. The van der Waals surface area contributed by atoms with Crippen LogP contribution in [0.1, 0.15) is 5.56 Å². The van der Waals surface area contributed by atoms with Crippen LogP contribution < -0.4 is 5.32 Å². The van der Waals surface area contributed by atoms with Gasteiger partial charge in [-0.05, 0) is 41.3 Å². The van der Waals surface area contributed by atoms with E-state index in [-0.39, 0.29) is 0 Å². The van der Waals surface area contributed by atoms with E-state index < -0.39 is 0 Å². The number of hydrogen-bond acceptors (Lipinski definition) is 2. The Balaban J connectivity index is 1.56. The Morgan fingerprint density at radius 3 is 2.95 bits per heavy atom. The summed E-state index contributed by atoms with van der Waals surface area (Å²) in [6.07, 6.45) is 3.81. The minimum Gasteiger partial charge on any atom is -0.381 e. The number of aromatic amines is 2. The number of nitrogens with zero attached hydrogens (tertiary/aromatic N) is 1. The van der Waals surface area contributed by atoms with Gasteiger partial charge in [0.05, 0.1) is 11.7 Å². The van der Waals surface area contributed by atoms with Gasteiger partial charge in [0.1, 0.15) is 0 Å². The first-order chi connectivity index (χ1) is 9.88. The van der Waals surface area contributed by atoms with Crippen molar-refractivity contribution in [2.75, 3.05) is 5.32 Å². The quantitative estimate of drug-likeness (QED) is 0.528. The lowest BCUT2D eigenvalue weighted by Gasteiger charge is -2.07. The molecule has 4 aromatic rings. The number of anilines is 1. The van der Waals surface area contributed by atoms with E-state index in [9.17, 15) is 0 Å². The van der Waals surface area contributed by atoms with E-state index in [2.05, 4.69) is 56.9 Å². The standard InChI is InChI=1S/C16H14N4/c1-2-12-5-6-17-16(12)7-11(1)9-18-14-3-4-15-13(8-14)10-19-20-15/h1-8,10,17-18H,9H2,(H,19,20). The minimum atomic E-state index is 0.804. The molecule has 4 heteroatoms. The summed E-state index contributed by atoms with van der Waals surface area (Å²) in [6, 6.07) is 14.8. The third-order valence-corrected chi connectivity index (χ3v) is 3.56. The number of aromatic nitrogens is 3. The van der Waals surface area contributed by atoms with Crippen molar-refractivity contribution < 1.29 is 0 Å². The van der Waals surface area contributed by atoms with E-state index in [1.807, 2.05) is 18.5 Å². The molecule has 0 aliphatic heterocycles. The molecule has 0 bridgehead atoms. The maximum atomic E-state index is 4.03. The van der Waals surface area contributed by atoms with Crippen molar-refractivity contribution in [2.24, 2.45) is 0 Å². The highest BCUT2D eigenvalue weighted by atomic mass is 15.1. The predicted octanol–water partition coefficient (Wildman–Crippen LogP) is 3.66. The number of rotatable bonds is 3. The molecule has 3 N–H and O–H groups in total. The first-order valence-electron chi connectivity index (χ1n) is 6.61. The lowest BCUT2D eigenvalue weighted by atomic mass is 10.1. The molecule has 0 saturated heterocycles. The van der Waals surface area contributed by atoms with E-state index in [0.717, 1.165) is 23.1 Å². The lowest BCUT2D eigenvalue weighted by molar-refractivity contribution is 1.12. The zero-order valence-corrected chi connectivity index (χ0v) is 10.9. The molecule has 4 nitrogen and oxygen atoms in total. The molecule has 0 unspecified atom stereocenters. The van der Waals surface area contributed by atoms with E-state index in [1.54, 1.807) is 0 Å².